The zero-order chi connectivity index (χ0) is 31.4. The first-order valence-electron chi connectivity index (χ1n) is 16.7. The van der Waals surface area contributed by atoms with E-state index in [9.17, 15) is 0 Å². The van der Waals surface area contributed by atoms with Crippen LogP contribution in [-0.4, -0.2) is 0 Å². The molecule has 0 aromatic heterocycles. The highest BCUT2D eigenvalue weighted by atomic mass is 15.1. The topological polar surface area (TPSA) is 3.24 Å². The Morgan fingerprint density at radius 1 is 0.426 bits per heavy atom. The molecule has 0 saturated carbocycles. The SMILES string of the molecule is C1=CC(c2ccc(N(C3=c4ccccc4=CCC3)c3ccc(-c4ccccc4)cc3)cc2-c2ccc(-c3ccccc3)cc2)=CCC1. The summed E-state index contributed by atoms with van der Waals surface area (Å²) in [5, 5.41) is 2.62. The van der Waals surface area contributed by atoms with E-state index < -0.39 is 0 Å². The Morgan fingerprint density at radius 3 is 1.70 bits per heavy atom. The Bertz CT molecular complexity index is 2200. The summed E-state index contributed by atoms with van der Waals surface area (Å²) in [6, 6.07) is 55.3. The van der Waals surface area contributed by atoms with E-state index in [2.05, 4.69) is 181 Å². The van der Waals surface area contributed by atoms with Crippen LogP contribution in [0.25, 0.3) is 50.7 Å². The highest BCUT2D eigenvalue weighted by Gasteiger charge is 2.20. The van der Waals surface area contributed by atoms with Crippen molar-refractivity contribution in [2.45, 2.75) is 25.7 Å². The van der Waals surface area contributed by atoms with Crippen molar-refractivity contribution in [3.63, 3.8) is 0 Å². The predicted octanol–water partition coefficient (Wildman–Crippen LogP) is 10.9. The van der Waals surface area contributed by atoms with Crippen LogP contribution >= 0.6 is 0 Å². The molecule has 0 bridgehead atoms. The van der Waals surface area contributed by atoms with E-state index in [0.717, 1.165) is 25.7 Å². The summed E-state index contributed by atoms with van der Waals surface area (Å²) in [6.45, 7) is 0. The van der Waals surface area contributed by atoms with Gasteiger partial charge in [-0.25, -0.2) is 0 Å². The second kappa shape index (κ2) is 13.0. The Balaban J connectivity index is 1.30. The van der Waals surface area contributed by atoms with Gasteiger partial charge in [0.25, 0.3) is 0 Å². The zero-order valence-electron chi connectivity index (χ0n) is 26.5. The molecule has 6 aromatic rings. The fourth-order valence-corrected chi connectivity index (χ4v) is 7.01. The minimum atomic E-state index is 0.980. The number of rotatable bonds is 7. The Labute approximate surface area is 277 Å². The molecule has 6 aromatic carbocycles. The van der Waals surface area contributed by atoms with E-state index in [1.807, 2.05) is 0 Å². The second-order valence-corrected chi connectivity index (χ2v) is 12.3. The number of anilines is 2. The van der Waals surface area contributed by atoms with Crippen LogP contribution in [0.2, 0.25) is 0 Å². The fourth-order valence-electron chi connectivity index (χ4n) is 7.01. The molecule has 0 atom stereocenters. The Hall–Kier alpha value is -5.66. The smallest absolute Gasteiger partial charge is 0.0465 e. The summed E-state index contributed by atoms with van der Waals surface area (Å²) >= 11 is 0. The lowest BCUT2D eigenvalue weighted by atomic mass is 9.90. The van der Waals surface area contributed by atoms with Crippen molar-refractivity contribution in [3.8, 4) is 33.4 Å². The van der Waals surface area contributed by atoms with Gasteiger partial charge in [-0.1, -0.05) is 152 Å². The summed E-state index contributed by atoms with van der Waals surface area (Å²) in [6.07, 6.45) is 13.5. The summed E-state index contributed by atoms with van der Waals surface area (Å²) in [5.41, 5.74) is 13.7. The van der Waals surface area contributed by atoms with Crippen molar-refractivity contribution in [2.75, 3.05) is 4.90 Å². The maximum atomic E-state index is 2.50. The molecule has 0 heterocycles. The van der Waals surface area contributed by atoms with Gasteiger partial charge in [0.05, 0.1) is 0 Å². The van der Waals surface area contributed by atoms with E-state index in [1.165, 1.54) is 72.0 Å². The van der Waals surface area contributed by atoms with Gasteiger partial charge in [-0.3, -0.25) is 0 Å². The van der Waals surface area contributed by atoms with Crippen LogP contribution in [0.1, 0.15) is 31.2 Å². The monoisotopic (exact) mass is 603 g/mol. The van der Waals surface area contributed by atoms with Gasteiger partial charge in [0.15, 0.2) is 0 Å². The third-order valence-corrected chi connectivity index (χ3v) is 9.39. The van der Waals surface area contributed by atoms with E-state index >= 15 is 0 Å². The largest absolute Gasteiger partial charge is 0.314 e. The van der Waals surface area contributed by atoms with Crippen molar-refractivity contribution in [2.24, 2.45) is 0 Å². The molecule has 47 heavy (non-hydrogen) atoms. The van der Waals surface area contributed by atoms with E-state index in [-0.39, 0.29) is 0 Å². The molecule has 0 amide bonds. The van der Waals surface area contributed by atoms with Crippen molar-refractivity contribution >= 4 is 28.7 Å². The lowest BCUT2D eigenvalue weighted by molar-refractivity contribution is 1.03. The van der Waals surface area contributed by atoms with Crippen LogP contribution in [0.4, 0.5) is 11.4 Å². The van der Waals surface area contributed by atoms with Gasteiger partial charge in [-0.05, 0) is 99.7 Å². The Kier molecular flexibility index (Phi) is 7.95. The molecule has 1 heteroatoms. The molecule has 0 fully saturated rings. The molecule has 0 saturated heterocycles. The molecular formula is C46H37N. The summed E-state index contributed by atoms with van der Waals surface area (Å²) < 4.78 is 0. The number of hydrogen-bond donors (Lipinski definition) is 0. The third-order valence-electron chi connectivity index (χ3n) is 9.39. The fraction of sp³-hybridized carbons (Fsp3) is 0.0870. The predicted molar refractivity (Wildman–Crippen MR) is 200 cm³/mol. The van der Waals surface area contributed by atoms with Crippen LogP contribution in [0, 0.1) is 0 Å². The zero-order valence-corrected chi connectivity index (χ0v) is 26.5. The van der Waals surface area contributed by atoms with Gasteiger partial charge in [-0.2, -0.15) is 0 Å². The van der Waals surface area contributed by atoms with E-state index in [4.69, 9.17) is 0 Å². The quantitative estimate of drug-likeness (QED) is 0.175. The summed E-state index contributed by atoms with van der Waals surface area (Å²) in [7, 11) is 0. The molecule has 226 valence electrons. The first-order valence-corrected chi connectivity index (χ1v) is 16.7. The first-order chi connectivity index (χ1) is 23.3. The third kappa shape index (κ3) is 5.89. The molecule has 2 aliphatic rings. The lowest BCUT2D eigenvalue weighted by Crippen LogP contribution is -2.34. The number of fused-ring (bicyclic) bond motifs is 1. The standard InChI is InChI=1S/C46H37N/c1-4-13-34(14-5-1)36-23-25-40(26-24-36)45-33-42(31-32-43(45)38-17-8-3-9-18-38)47(46-22-12-20-39-19-10-11-21-44(39)46)41-29-27-37(28-30-41)35-15-6-2-7-16-35/h1-2,4-8,10-11,13-21,23-33H,3,9,12,22H2. The van der Waals surface area contributed by atoms with E-state index in [0.29, 0.717) is 0 Å². The van der Waals surface area contributed by atoms with Crippen LogP contribution in [0.5, 0.6) is 0 Å². The maximum Gasteiger partial charge on any atom is 0.0465 e. The highest BCUT2D eigenvalue weighted by Crippen LogP contribution is 2.40. The van der Waals surface area contributed by atoms with Crippen LogP contribution in [0.3, 0.4) is 0 Å². The average Bonchev–Trinajstić information content (AvgIpc) is 3.16. The second-order valence-electron chi connectivity index (χ2n) is 12.3. The molecule has 0 N–H and O–H groups in total. The molecule has 0 aliphatic heterocycles. The number of allylic oxidation sites excluding steroid dienone is 4. The van der Waals surface area contributed by atoms with E-state index in [1.54, 1.807) is 0 Å². The highest BCUT2D eigenvalue weighted by molar-refractivity contribution is 5.91. The first kappa shape index (κ1) is 28.8. The molecular weight excluding hydrogens is 567 g/mol. The van der Waals surface area contributed by atoms with Gasteiger partial charge in [0, 0.05) is 22.3 Å². The molecule has 2 aliphatic carbocycles. The molecule has 8 rings (SSSR count). The number of hydrogen-bond acceptors (Lipinski definition) is 1. The molecule has 1 nitrogen and oxygen atoms in total. The summed E-state index contributed by atoms with van der Waals surface area (Å²) in [5.74, 6) is 0. The molecule has 0 spiro atoms. The van der Waals surface area contributed by atoms with Gasteiger partial charge in [0.2, 0.25) is 0 Å². The van der Waals surface area contributed by atoms with Crippen molar-refractivity contribution in [1.29, 1.82) is 0 Å². The van der Waals surface area contributed by atoms with Crippen LogP contribution in [0.15, 0.2) is 170 Å². The van der Waals surface area contributed by atoms with Crippen molar-refractivity contribution < 1.29 is 0 Å². The average molecular weight is 604 g/mol. The van der Waals surface area contributed by atoms with Crippen molar-refractivity contribution in [1.82, 2.24) is 0 Å². The Morgan fingerprint density at radius 2 is 1.02 bits per heavy atom. The molecule has 0 unspecified atom stereocenters. The minimum absolute atomic E-state index is 0.980. The van der Waals surface area contributed by atoms with Gasteiger partial charge in [-0.15, -0.1) is 0 Å². The number of benzene rings is 6. The van der Waals surface area contributed by atoms with Gasteiger partial charge in [0.1, 0.15) is 0 Å². The minimum Gasteiger partial charge on any atom is -0.314 e. The molecule has 0 radical (unpaired) electrons. The normalized spacial score (nSPS) is 13.8. The van der Waals surface area contributed by atoms with Gasteiger partial charge >= 0.3 is 0 Å². The number of nitrogens with zero attached hydrogens (tertiary/aromatic N) is 1. The van der Waals surface area contributed by atoms with Crippen molar-refractivity contribution in [3.05, 3.63) is 186 Å². The van der Waals surface area contributed by atoms with Crippen LogP contribution in [-0.2, 0) is 0 Å². The van der Waals surface area contributed by atoms with Gasteiger partial charge < -0.3 is 4.90 Å². The lowest BCUT2D eigenvalue weighted by Gasteiger charge is -2.30. The summed E-state index contributed by atoms with van der Waals surface area (Å²) in [4.78, 5) is 2.50. The maximum absolute atomic E-state index is 2.50. The van der Waals surface area contributed by atoms with Crippen LogP contribution < -0.4 is 15.3 Å².